The highest BCUT2D eigenvalue weighted by Gasteiger charge is 2.18. The van der Waals surface area contributed by atoms with Crippen molar-refractivity contribution in [2.24, 2.45) is 0 Å². The van der Waals surface area contributed by atoms with E-state index in [0.29, 0.717) is 16.8 Å². The third-order valence-corrected chi connectivity index (χ3v) is 2.52. The van der Waals surface area contributed by atoms with E-state index in [9.17, 15) is 9.59 Å². The normalized spacial score (nSPS) is 11.7. The summed E-state index contributed by atoms with van der Waals surface area (Å²) in [5.74, 6) is -0.826. The van der Waals surface area contributed by atoms with Crippen LogP contribution in [0.5, 0.6) is 0 Å². The topological polar surface area (TPSA) is 81.4 Å². The summed E-state index contributed by atoms with van der Waals surface area (Å²) < 4.78 is 4.52. The SMILES string of the molecule is COC(=O)C(C)NC(=O)c1cccc(N)c1C. The molecule has 0 radical (unpaired) electrons. The molecular formula is C12H16N2O3. The highest BCUT2D eigenvalue weighted by Crippen LogP contribution is 2.15. The quantitative estimate of drug-likeness (QED) is 0.602. The van der Waals surface area contributed by atoms with Crippen LogP contribution >= 0.6 is 0 Å². The standard InChI is InChI=1S/C12H16N2O3/c1-7-9(5-4-6-10(7)13)11(15)14-8(2)12(16)17-3/h4-6,8H,13H2,1-3H3,(H,14,15). The molecule has 0 saturated heterocycles. The fourth-order valence-corrected chi connectivity index (χ4v) is 1.41. The number of anilines is 1. The molecule has 5 nitrogen and oxygen atoms in total. The maximum Gasteiger partial charge on any atom is 0.328 e. The molecule has 0 spiro atoms. The number of nitrogens with two attached hydrogens (primary N) is 1. The van der Waals surface area contributed by atoms with Crippen molar-refractivity contribution in [1.82, 2.24) is 5.32 Å². The van der Waals surface area contributed by atoms with Gasteiger partial charge in [-0.3, -0.25) is 4.79 Å². The first kappa shape index (κ1) is 13.0. The van der Waals surface area contributed by atoms with E-state index in [1.807, 2.05) is 0 Å². The molecule has 5 heteroatoms. The van der Waals surface area contributed by atoms with Crippen LogP contribution in [0.15, 0.2) is 18.2 Å². The Hall–Kier alpha value is -2.04. The predicted molar refractivity (Wildman–Crippen MR) is 64.5 cm³/mol. The van der Waals surface area contributed by atoms with Gasteiger partial charge in [0.25, 0.3) is 5.91 Å². The molecular weight excluding hydrogens is 220 g/mol. The molecule has 0 heterocycles. The lowest BCUT2D eigenvalue weighted by molar-refractivity contribution is -0.142. The molecule has 3 N–H and O–H groups in total. The summed E-state index contributed by atoms with van der Waals surface area (Å²) in [4.78, 5) is 23.0. The molecule has 0 aliphatic carbocycles. The summed E-state index contributed by atoms with van der Waals surface area (Å²) in [5, 5.41) is 2.55. The lowest BCUT2D eigenvalue weighted by Gasteiger charge is -2.13. The molecule has 1 rings (SSSR count). The summed E-state index contributed by atoms with van der Waals surface area (Å²) in [6.45, 7) is 3.32. The second-order valence-corrected chi connectivity index (χ2v) is 3.74. The van der Waals surface area contributed by atoms with E-state index in [0.717, 1.165) is 0 Å². The smallest absolute Gasteiger partial charge is 0.328 e. The van der Waals surface area contributed by atoms with Crippen molar-refractivity contribution in [1.29, 1.82) is 0 Å². The van der Waals surface area contributed by atoms with Crippen LogP contribution in [0.2, 0.25) is 0 Å². The Morgan fingerprint density at radius 2 is 2.06 bits per heavy atom. The lowest BCUT2D eigenvalue weighted by atomic mass is 10.1. The van der Waals surface area contributed by atoms with Crippen LogP contribution in [0.25, 0.3) is 0 Å². The fraction of sp³-hybridized carbons (Fsp3) is 0.333. The Morgan fingerprint density at radius 3 is 2.65 bits per heavy atom. The van der Waals surface area contributed by atoms with Gasteiger partial charge >= 0.3 is 5.97 Å². The maximum absolute atomic E-state index is 11.9. The number of nitrogens with one attached hydrogen (secondary N) is 1. The van der Waals surface area contributed by atoms with E-state index in [-0.39, 0.29) is 5.91 Å². The van der Waals surface area contributed by atoms with E-state index in [2.05, 4.69) is 10.1 Å². The molecule has 1 unspecified atom stereocenters. The molecule has 0 aliphatic rings. The summed E-state index contributed by atoms with van der Waals surface area (Å²) >= 11 is 0. The van der Waals surface area contributed by atoms with Crippen LogP contribution in [0.1, 0.15) is 22.8 Å². The first-order valence-electron chi connectivity index (χ1n) is 5.21. The summed E-state index contributed by atoms with van der Waals surface area (Å²) in [7, 11) is 1.27. The second kappa shape index (κ2) is 5.34. The molecule has 0 fully saturated rings. The van der Waals surface area contributed by atoms with Crippen molar-refractivity contribution in [3.05, 3.63) is 29.3 Å². The van der Waals surface area contributed by atoms with Crippen molar-refractivity contribution in [3.8, 4) is 0 Å². The number of esters is 1. The van der Waals surface area contributed by atoms with Crippen LogP contribution in [-0.2, 0) is 9.53 Å². The first-order valence-corrected chi connectivity index (χ1v) is 5.21. The number of nitrogen functional groups attached to an aromatic ring is 1. The Morgan fingerprint density at radius 1 is 1.41 bits per heavy atom. The van der Waals surface area contributed by atoms with Crippen LogP contribution in [0.4, 0.5) is 5.69 Å². The van der Waals surface area contributed by atoms with Crippen molar-refractivity contribution in [2.75, 3.05) is 12.8 Å². The van der Waals surface area contributed by atoms with Crippen LogP contribution in [-0.4, -0.2) is 25.0 Å². The van der Waals surface area contributed by atoms with Gasteiger partial charge in [-0.2, -0.15) is 0 Å². The number of ether oxygens (including phenoxy) is 1. The maximum atomic E-state index is 11.9. The van der Waals surface area contributed by atoms with E-state index in [1.165, 1.54) is 7.11 Å². The van der Waals surface area contributed by atoms with Crippen molar-refractivity contribution in [2.45, 2.75) is 19.9 Å². The molecule has 1 aromatic carbocycles. The number of carbonyl (C=O) groups excluding carboxylic acids is 2. The van der Waals surface area contributed by atoms with E-state index in [4.69, 9.17) is 5.73 Å². The molecule has 0 bridgehead atoms. The number of hydrogen-bond acceptors (Lipinski definition) is 4. The average Bonchev–Trinajstić information content (AvgIpc) is 2.31. The van der Waals surface area contributed by atoms with Gasteiger partial charge in [-0.25, -0.2) is 4.79 Å². The number of carbonyl (C=O) groups is 2. The molecule has 1 atom stereocenters. The minimum absolute atomic E-state index is 0.340. The fourth-order valence-electron chi connectivity index (χ4n) is 1.41. The molecule has 92 valence electrons. The highest BCUT2D eigenvalue weighted by atomic mass is 16.5. The molecule has 17 heavy (non-hydrogen) atoms. The van der Waals surface area contributed by atoms with Gasteiger partial charge in [-0.1, -0.05) is 6.07 Å². The zero-order chi connectivity index (χ0) is 13.0. The number of methoxy groups -OCH3 is 1. The number of benzene rings is 1. The second-order valence-electron chi connectivity index (χ2n) is 3.74. The monoisotopic (exact) mass is 236 g/mol. The number of amides is 1. The van der Waals surface area contributed by atoms with Gasteiger partial charge in [-0.05, 0) is 31.5 Å². The Bertz CT molecular complexity index is 443. The Kier molecular flexibility index (Phi) is 4.09. The van der Waals surface area contributed by atoms with Crippen LogP contribution < -0.4 is 11.1 Å². The predicted octanol–water partition coefficient (Wildman–Crippen LogP) is 0.869. The summed E-state index contributed by atoms with van der Waals surface area (Å²) in [5.41, 5.74) is 7.40. The third kappa shape index (κ3) is 2.96. The molecule has 1 aromatic rings. The average molecular weight is 236 g/mol. The molecule has 0 aromatic heterocycles. The Labute approximate surface area is 99.9 Å². The van der Waals surface area contributed by atoms with Crippen molar-refractivity contribution >= 4 is 17.6 Å². The summed E-state index contributed by atoms with van der Waals surface area (Å²) in [6.07, 6.45) is 0. The minimum Gasteiger partial charge on any atom is -0.467 e. The lowest BCUT2D eigenvalue weighted by Crippen LogP contribution is -2.39. The van der Waals surface area contributed by atoms with E-state index >= 15 is 0 Å². The van der Waals surface area contributed by atoms with Gasteiger partial charge in [-0.15, -0.1) is 0 Å². The van der Waals surface area contributed by atoms with Crippen molar-refractivity contribution in [3.63, 3.8) is 0 Å². The third-order valence-electron chi connectivity index (χ3n) is 2.52. The minimum atomic E-state index is -0.687. The zero-order valence-corrected chi connectivity index (χ0v) is 10.1. The number of rotatable bonds is 3. The molecule has 0 aliphatic heterocycles. The van der Waals surface area contributed by atoms with Gasteiger partial charge in [0.2, 0.25) is 0 Å². The van der Waals surface area contributed by atoms with Crippen molar-refractivity contribution < 1.29 is 14.3 Å². The Balaban J connectivity index is 2.84. The van der Waals surface area contributed by atoms with Gasteiger partial charge in [0.05, 0.1) is 7.11 Å². The summed E-state index contributed by atoms with van der Waals surface area (Å²) in [6, 6.07) is 4.38. The van der Waals surface area contributed by atoms with Gasteiger partial charge in [0.1, 0.15) is 6.04 Å². The first-order chi connectivity index (χ1) is 7.97. The largest absolute Gasteiger partial charge is 0.467 e. The van der Waals surface area contributed by atoms with Crippen LogP contribution in [0.3, 0.4) is 0 Å². The van der Waals surface area contributed by atoms with Gasteiger partial charge in [0.15, 0.2) is 0 Å². The van der Waals surface area contributed by atoms with E-state index < -0.39 is 12.0 Å². The van der Waals surface area contributed by atoms with Gasteiger partial charge < -0.3 is 15.8 Å². The number of hydrogen-bond donors (Lipinski definition) is 2. The van der Waals surface area contributed by atoms with E-state index in [1.54, 1.807) is 32.0 Å². The zero-order valence-electron chi connectivity index (χ0n) is 10.1. The molecule has 0 saturated carbocycles. The highest BCUT2D eigenvalue weighted by molar-refractivity contribution is 5.98. The van der Waals surface area contributed by atoms with Gasteiger partial charge in [0, 0.05) is 11.3 Å². The van der Waals surface area contributed by atoms with Crippen LogP contribution in [0, 0.1) is 6.92 Å². The molecule has 1 amide bonds.